The molecular weight excluding hydrogens is 224 g/mol. The van der Waals surface area contributed by atoms with Crippen molar-refractivity contribution in [3.05, 3.63) is 59.2 Å². The van der Waals surface area contributed by atoms with Crippen molar-refractivity contribution < 1.29 is 9.47 Å². The number of hydrogen-bond acceptors (Lipinski definition) is 2. The molecule has 2 aromatic carbocycles. The number of fused-ring (bicyclic) bond motifs is 1. The van der Waals surface area contributed by atoms with E-state index in [9.17, 15) is 0 Å². The summed E-state index contributed by atoms with van der Waals surface area (Å²) in [5, 5.41) is 0. The van der Waals surface area contributed by atoms with Crippen LogP contribution in [0.4, 0.5) is 0 Å². The van der Waals surface area contributed by atoms with Crippen LogP contribution in [-0.2, 0) is 5.79 Å². The fraction of sp³-hybridized carbons (Fsp3) is 0.250. The van der Waals surface area contributed by atoms with Crippen molar-refractivity contribution in [3.63, 3.8) is 0 Å². The van der Waals surface area contributed by atoms with Gasteiger partial charge < -0.3 is 9.47 Å². The maximum absolute atomic E-state index is 6.04. The molecule has 3 rings (SSSR count). The lowest BCUT2D eigenvalue weighted by Crippen LogP contribution is -2.31. The highest BCUT2D eigenvalue weighted by atomic mass is 16.7. The minimum atomic E-state index is -0.720. The van der Waals surface area contributed by atoms with Crippen molar-refractivity contribution in [1.29, 1.82) is 0 Å². The van der Waals surface area contributed by atoms with E-state index in [2.05, 4.69) is 13.0 Å². The Morgan fingerprint density at radius 3 is 2.39 bits per heavy atom. The Balaban J connectivity index is 2.05. The quantitative estimate of drug-likeness (QED) is 0.751. The number of hydrogen-bond donors (Lipinski definition) is 0. The molecule has 2 aromatic rings. The average molecular weight is 240 g/mol. The maximum Gasteiger partial charge on any atom is 0.275 e. The molecular formula is C16H16O2. The summed E-state index contributed by atoms with van der Waals surface area (Å²) in [4.78, 5) is 0. The van der Waals surface area contributed by atoms with Crippen LogP contribution in [0.1, 0.15) is 23.6 Å². The van der Waals surface area contributed by atoms with Crippen molar-refractivity contribution >= 4 is 0 Å². The Kier molecular flexibility index (Phi) is 2.34. The second-order valence-electron chi connectivity index (χ2n) is 4.92. The molecule has 2 nitrogen and oxygen atoms in total. The van der Waals surface area contributed by atoms with Crippen LogP contribution in [0.3, 0.4) is 0 Å². The van der Waals surface area contributed by atoms with E-state index in [0.29, 0.717) is 0 Å². The summed E-state index contributed by atoms with van der Waals surface area (Å²) in [7, 11) is 0. The van der Waals surface area contributed by atoms with Gasteiger partial charge in [0.05, 0.1) is 0 Å². The van der Waals surface area contributed by atoms with Gasteiger partial charge in [-0.1, -0.05) is 36.4 Å². The Morgan fingerprint density at radius 2 is 1.67 bits per heavy atom. The molecule has 1 aliphatic rings. The van der Waals surface area contributed by atoms with Gasteiger partial charge in [0.15, 0.2) is 11.5 Å². The standard InChI is InChI=1S/C16H16O2/c1-11-9-12(2)15-14(10-11)17-16(3,18-15)13-7-5-4-6-8-13/h4-10H,1-3H3. The monoisotopic (exact) mass is 240 g/mol. The van der Waals surface area contributed by atoms with Crippen molar-refractivity contribution in [3.8, 4) is 11.5 Å². The molecule has 1 atom stereocenters. The summed E-state index contributed by atoms with van der Waals surface area (Å²) >= 11 is 0. The number of rotatable bonds is 1. The molecule has 2 heteroatoms. The average Bonchev–Trinajstić information content (AvgIpc) is 2.69. The molecule has 0 saturated heterocycles. The predicted molar refractivity (Wildman–Crippen MR) is 71.0 cm³/mol. The van der Waals surface area contributed by atoms with E-state index in [-0.39, 0.29) is 0 Å². The molecule has 0 bridgehead atoms. The van der Waals surface area contributed by atoms with Crippen molar-refractivity contribution in [2.75, 3.05) is 0 Å². The van der Waals surface area contributed by atoms with Crippen LogP contribution < -0.4 is 9.47 Å². The minimum Gasteiger partial charge on any atom is -0.445 e. The molecule has 1 aliphatic heterocycles. The van der Waals surface area contributed by atoms with E-state index in [4.69, 9.17) is 9.47 Å². The zero-order valence-electron chi connectivity index (χ0n) is 10.9. The van der Waals surface area contributed by atoms with Crippen molar-refractivity contribution in [2.24, 2.45) is 0 Å². The molecule has 18 heavy (non-hydrogen) atoms. The largest absolute Gasteiger partial charge is 0.445 e. The number of aryl methyl sites for hydroxylation is 2. The zero-order chi connectivity index (χ0) is 12.8. The lowest BCUT2D eigenvalue weighted by Gasteiger charge is -2.23. The van der Waals surface area contributed by atoms with E-state index in [0.717, 1.165) is 22.6 Å². The van der Waals surface area contributed by atoms with E-state index >= 15 is 0 Å². The van der Waals surface area contributed by atoms with Gasteiger partial charge in [-0.3, -0.25) is 0 Å². The van der Waals surface area contributed by atoms with Gasteiger partial charge in [0.25, 0.3) is 5.79 Å². The third kappa shape index (κ3) is 1.65. The van der Waals surface area contributed by atoms with Crippen LogP contribution in [0.25, 0.3) is 0 Å². The lowest BCUT2D eigenvalue weighted by atomic mass is 10.1. The van der Waals surface area contributed by atoms with Gasteiger partial charge in [-0.25, -0.2) is 0 Å². The molecule has 0 radical (unpaired) electrons. The summed E-state index contributed by atoms with van der Waals surface area (Å²) in [5.41, 5.74) is 3.33. The van der Waals surface area contributed by atoms with Crippen LogP contribution in [0.5, 0.6) is 11.5 Å². The van der Waals surface area contributed by atoms with Crippen molar-refractivity contribution in [2.45, 2.75) is 26.6 Å². The zero-order valence-corrected chi connectivity index (χ0v) is 10.9. The van der Waals surface area contributed by atoms with Gasteiger partial charge in [-0.2, -0.15) is 0 Å². The number of ether oxygens (including phenoxy) is 2. The Bertz CT molecular complexity index is 590. The van der Waals surface area contributed by atoms with Crippen LogP contribution >= 0.6 is 0 Å². The summed E-state index contributed by atoms with van der Waals surface area (Å²) in [5.74, 6) is 0.966. The predicted octanol–water partition coefficient (Wildman–Crippen LogP) is 3.95. The highest BCUT2D eigenvalue weighted by Gasteiger charge is 2.39. The van der Waals surface area contributed by atoms with Gasteiger partial charge in [0, 0.05) is 12.5 Å². The first-order valence-corrected chi connectivity index (χ1v) is 6.13. The van der Waals surface area contributed by atoms with E-state index in [1.54, 1.807) is 0 Å². The molecule has 0 amide bonds. The van der Waals surface area contributed by atoms with E-state index in [1.807, 2.05) is 50.2 Å². The minimum absolute atomic E-state index is 0.720. The maximum atomic E-state index is 6.04. The molecule has 1 heterocycles. The van der Waals surface area contributed by atoms with Gasteiger partial charge in [-0.15, -0.1) is 0 Å². The highest BCUT2D eigenvalue weighted by molar-refractivity contribution is 5.52. The summed E-state index contributed by atoms with van der Waals surface area (Å²) in [6.45, 7) is 6.07. The second-order valence-corrected chi connectivity index (χ2v) is 4.92. The first kappa shape index (κ1) is 11.1. The Morgan fingerprint density at radius 1 is 0.944 bits per heavy atom. The highest BCUT2D eigenvalue weighted by Crippen LogP contribution is 2.46. The van der Waals surface area contributed by atoms with Crippen LogP contribution in [0, 0.1) is 13.8 Å². The van der Waals surface area contributed by atoms with Gasteiger partial charge in [-0.05, 0) is 31.0 Å². The van der Waals surface area contributed by atoms with Gasteiger partial charge in [0.1, 0.15) is 0 Å². The van der Waals surface area contributed by atoms with Crippen LogP contribution in [-0.4, -0.2) is 0 Å². The van der Waals surface area contributed by atoms with E-state index < -0.39 is 5.79 Å². The second kappa shape index (κ2) is 3.77. The molecule has 0 spiro atoms. The van der Waals surface area contributed by atoms with Gasteiger partial charge >= 0.3 is 0 Å². The summed E-state index contributed by atoms with van der Waals surface area (Å²) in [6, 6.07) is 14.2. The third-order valence-electron chi connectivity index (χ3n) is 3.28. The lowest BCUT2D eigenvalue weighted by molar-refractivity contribution is -0.0682. The molecule has 0 fully saturated rings. The van der Waals surface area contributed by atoms with Crippen LogP contribution in [0.2, 0.25) is 0 Å². The molecule has 0 saturated carbocycles. The summed E-state index contributed by atoms with van der Waals surface area (Å²) < 4.78 is 12.1. The molecule has 0 aromatic heterocycles. The first-order chi connectivity index (χ1) is 8.58. The third-order valence-corrected chi connectivity index (χ3v) is 3.28. The Labute approximate surface area is 107 Å². The van der Waals surface area contributed by atoms with E-state index in [1.165, 1.54) is 5.56 Å². The SMILES string of the molecule is Cc1cc(C)c2c(c1)OC(C)(c1ccccc1)O2. The normalized spacial score (nSPS) is 21.1. The van der Waals surface area contributed by atoms with Gasteiger partial charge in [0.2, 0.25) is 0 Å². The molecule has 0 aliphatic carbocycles. The first-order valence-electron chi connectivity index (χ1n) is 6.13. The smallest absolute Gasteiger partial charge is 0.275 e. The molecule has 92 valence electrons. The topological polar surface area (TPSA) is 18.5 Å². The van der Waals surface area contributed by atoms with Crippen molar-refractivity contribution in [1.82, 2.24) is 0 Å². The molecule has 0 N–H and O–H groups in total. The Hall–Kier alpha value is -1.96. The summed E-state index contributed by atoms with van der Waals surface area (Å²) in [6.07, 6.45) is 0. The van der Waals surface area contributed by atoms with Crippen LogP contribution in [0.15, 0.2) is 42.5 Å². The molecule has 1 unspecified atom stereocenters. The number of benzene rings is 2. The fourth-order valence-electron chi connectivity index (χ4n) is 2.41. The fourth-order valence-corrected chi connectivity index (χ4v) is 2.41.